The van der Waals surface area contributed by atoms with Crippen molar-refractivity contribution in [1.29, 1.82) is 0 Å². The molecule has 0 spiro atoms. The topological polar surface area (TPSA) is 77.5 Å². The molecule has 78 valence electrons. The third-order valence-electron chi connectivity index (χ3n) is 1.77. The molecule has 0 aliphatic heterocycles. The van der Waals surface area contributed by atoms with Gasteiger partial charge in [0.15, 0.2) is 5.84 Å². The first-order valence-corrected chi connectivity index (χ1v) is 4.28. The van der Waals surface area contributed by atoms with E-state index in [0.717, 1.165) is 5.69 Å². The molecular formula is C8H15N5O. The van der Waals surface area contributed by atoms with Gasteiger partial charge in [0.25, 0.3) is 0 Å². The fourth-order valence-electron chi connectivity index (χ4n) is 1.06. The summed E-state index contributed by atoms with van der Waals surface area (Å²) >= 11 is 0. The van der Waals surface area contributed by atoms with Crippen molar-refractivity contribution in [3.8, 4) is 0 Å². The van der Waals surface area contributed by atoms with Crippen LogP contribution in [0.25, 0.3) is 0 Å². The maximum atomic E-state index is 5.35. The average Bonchev–Trinajstić information content (AvgIpc) is 2.60. The molecule has 1 aromatic rings. The van der Waals surface area contributed by atoms with Gasteiger partial charge in [-0.15, -0.1) is 0 Å². The number of rotatable bonds is 4. The number of methoxy groups -OCH3 is 1. The molecule has 6 nitrogen and oxygen atoms in total. The Morgan fingerprint density at radius 2 is 2.57 bits per heavy atom. The average molecular weight is 197 g/mol. The highest BCUT2D eigenvalue weighted by Gasteiger charge is 2.04. The molecule has 0 saturated carbocycles. The van der Waals surface area contributed by atoms with Crippen molar-refractivity contribution in [3.05, 3.63) is 18.0 Å². The van der Waals surface area contributed by atoms with Gasteiger partial charge in [-0.05, 0) is 6.07 Å². The minimum atomic E-state index is 0.571. The predicted molar refractivity (Wildman–Crippen MR) is 53.8 cm³/mol. The second-order valence-electron chi connectivity index (χ2n) is 2.71. The molecule has 1 rings (SSSR count). The van der Waals surface area contributed by atoms with Gasteiger partial charge >= 0.3 is 0 Å². The van der Waals surface area contributed by atoms with Crippen molar-refractivity contribution in [2.45, 2.75) is 0 Å². The quantitative estimate of drug-likeness (QED) is 0.219. The Labute approximate surface area is 82.7 Å². The van der Waals surface area contributed by atoms with Crippen molar-refractivity contribution in [2.75, 3.05) is 20.3 Å². The van der Waals surface area contributed by atoms with Gasteiger partial charge in [0, 0.05) is 20.4 Å². The smallest absolute Gasteiger partial charge is 0.161 e. The van der Waals surface area contributed by atoms with E-state index in [1.807, 2.05) is 13.1 Å². The van der Waals surface area contributed by atoms with E-state index in [9.17, 15) is 0 Å². The lowest BCUT2D eigenvalue weighted by atomic mass is 10.4. The molecule has 0 atom stereocenters. The lowest BCUT2D eigenvalue weighted by Crippen LogP contribution is -2.33. The summed E-state index contributed by atoms with van der Waals surface area (Å²) < 4.78 is 6.59. The number of aliphatic imine (C=N–C) groups is 1. The molecule has 0 aliphatic rings. The molecule has 0 radical (unpaired) electrons. The molecule has 14 heavy (non-hydrogen) atoms. The van der Waals surface area contributed by atoms with Crippen LogP contribution in [0.2, 0.25) is 0 Å². The van der Waals surface area contributed by atoms with Crippen LogP contribution in [0.1, 0.15) is 5.69 Å². The van der Waals surface area contributed by atoms with Gasteiger partial charge in [-0.2, -0.15) is 5.10 Å². The first-order valence-electron chi connectivity index (χ1n) is 4.28. The predicted octanol–water partition coefficient (Wildman–Crippen LogP) is -0.724. The molecule has 0 bridgehead atoms. The first kappa shape index (κ1) is 10.7. The summed E-state index contributed by atoms with van der Waals surface area (Å²) in [5.41, 5.74) is 3.39. The lowest BCUT2D eigenvalue weighted by Gasteiger charge is -2.05. The molecule has 0 fully saturated rings. The number of nitrogens with one attached hydrogen (secondary N) is 1. The highest BCUT2D eigenvalue weighted by atomic mass is 16.5. The molecule has 3 N–H and O–H groups in total. The highest BCUT2D eigenvalue weighted by molar-refractivity contribution is 5.96. The Kier molecular flexibility index (Phi) is 4.09. The molecule has 0 saturated heterocycles. The van der Waals surface area contributed by atoms with E-state index < -0.39 is 0 Å². The van der Waals surface area contributed by atoms with E-state index in [1.165, 1.54) is 0 Å². The first-order chi connectivity index (χ1) is 6.79. The number of ether oxygens (including phenoxy) is 1. The molecule has 0 aliphatic carbocycles. The number of hydrazine groups is 1. The Bertz CT molecular complexity index is 306. The zero-order valence-electron chi connectivity index (χ0n) is 8.40. The number of amidine groups is 1. The van der Waals surface area contributed by atoms with E-state index in [1.54, 1.807) is 18.0 Å². The van der Waals surface area contributed by atoms with Gasteiger partial charge in [0.05, 0.1) is 13.2 Å². The number of aromatic nitrogens is 2. The van der Waals surface area contributed by atoms with Crippen molar-refractivity contribution in [2.24, 2.45) is 17.9 Å². The van der Waals surface area contributed by atoms with Crippen molar-refractivity contribution >= 4 is 5.84 Å². The summed E-state index contributed by atoms with van der Waals surface area (Å²) in [5, 5.41) is 4.02. The zero-order chi connectivity index (χ0) is 10.4. The van der Waals surface area contributed by atoms with Crippen LogP contribution in [0.4, 0.5) is 0 Å². The Hall–Kier alpha value is -1.40. The fraction of sp³-hybridized carbons (Fsp3) is 0.500. The standard InChI is InChI=1S/C8H15N5O/c1-13-7(3-4-11-13)8(12-9)10-5-6-14-2/h3-4H,5-6,9H2,1-2H3,(H,10,12). The number of hydrogen-bond acceptors (Lipinski definition) is 4. The SMILES string of the molecule is COCCN=C(NN)c1ccnn1C. The number of nitrogens with zero attached hydrogens (tertiary/aromatic N) is 3. The van der Waals surface area contributed by atoms with Crippen LogP contribution in [-0.4, -0.2) is 35.9 Å². The van der Waals surface area contributed by atoms with Crippen LogP contribution in [0.3, 0.4) is 0 Å². The third kappa shape index (κ3) is 2.54. The second-order valence-corrected chi connectivity index (χ2v) is 2.71. The van der Waals surface area contributed by atoms with E-state index in [2.05, 4.69) is 15.5 Å². The normalized spacial score (nSPS) is 11.8. The van der Waals surface area contributed by atoms with Gasteiger partial charge in [0.1, 0.15) is 5.69 Å². The Balaban J connectivity index is 2.71. The molecule has 0 unspecified atom stereocenters. The maximum Gasteiger partial charge on any atom is 0.161 e. The lowest BCUT2D eigenvalue weighted by molar-refractivity contribution is 0.208. The third-order valence-corrected chi connectivity index (χ3v) is 1.77. The summed E-state index contributed by atoms with van der Waals surface area (Å²) in [6, 6.07) is 1.84. The van der Waals surface area contributed by atoms with Crippen molar-refractivity contribution < 1.29 is 4.74 Å². The van der Waals surface area contributed by atoms with Crippen LogP contribution < -0.4 is 11.3 Å². The van der Waals surface area contributed by atoms with E-state index in [0.29, 0.717) is 19.0 Å². The van der Waals surface area contributed by atoms with Gasteiger partial charge in [-0.1, -0.05) is 0 Å². The minimum Gasteiger partial charge on any atom is -0.383 e. The summed E-state index contributed by atoms with van der Waals surface area (Å²) in [6.07, 6.45) is 1.69. The van der Waals surface area contributed by atoms with E-state index in [-0.39, 0.29) is 0 Å². The molecule has 1 heterocycles. The second kappa shape index (κ2) is 5.36. The van der Waals surface area contributed by atoms with Gasteiger partial charge in [0.2, 0.25) is 0 Å². The van der Waals surface area contributed by atoms with Gasteiger partial charge in [-0.3, -0.25) is 9.67 Å². The largest absolute Gasteiger partial charge is 0.383 e. The Morgan fingerprint density at radius 1 is 1.79 bits per heavy atom. The van der Waals surface area contributed by atoms with Crippen LogP contribution in [0.5, 0.6) is 0 Å². The highest BCUT2D eigenvalue weighted by Crippen LogP contribution is 1.96. The zero-order valence-corrected chi connectivity index (χ0v) is 8.40. The van der Waals surface area contributed by atoms with Gasteiger partial charge in [-0.25, -0.2) is 5.84 Å². The monoisotopic (exact) mass is 197 g/mol. The molecule has 1 aromatic heterocycles. The van der Waals surface area contributed by atoms with Crippen LogP contribution in [-0.2, 0) is 11.8 Å². The van der Waals surface area contributed by atoms with Crippen LogP contribution >= 0.6 is 0 Å². The van der Waals surface area contributed by atoms with Crippen molar-refractivity contribution in [3.63, 3.8) is 0 Å². The number of hydrogen-bond donors (Lipinski definition) is 2. The number of nitrogens with two attached hydrogens (primary N) is 1. The number of aryl methyl sites for hydroxylation is 1. The maximum absolute atomic E-state index is 5.35. The Morgan fingerprint density at radius 3 is 3.07 bits per heavy atom. The van der Waals surface area contributed by atoms with Crippen molar-refractivity contribution in [1.82, 2.24) is 15.2 Å². The molecule has 0 amide bonds. The van der Waals surface area contributed by atoms with Crippen LogP contribution in [0.15, 0.2) is 17.3 Å². The molecule has 0 aromatic carbocycles. The summed E-state index contributed by atoms with van der Waals surface area (Å²) in [7, 11) is 3.47. The van der Waals surface area contributed by atoms with E-state index >= 15 is 0 Å². The van der Waals surface area contributed by atoms with Gasteiger partial charge < -0.3 is 10.2 Å². The summed E-state index contributed by atoms with van der Waals surface area (Å²) in [4.78, 5) is 4.23. The fourth-order valence-corrected chi connectivity index (χ4v) is 1.06. The minimum absolute atomic E-state index is 0.571. The molecule has 6 heteroatoms. The van der Waals surface area contributed by atoms with Crippen LogP contribution in [0, 0.1) is 0 Å². The van der Waals surface area contributed by atoms with E-state index in [4.69, 9.17) is 10.6 Å². The summed E-state index contributed by atoms with van der Waals surface area (Å²) in [6.45, 7) is 1.14. The molecular weight excluding hydrogens is 182 g/mol. The summed E-state index contributed by atoms with van der Waals surface area (Å²) in [5.74, 6) is 5.97.